The van der Waals surface area contributed by atoms with Crippen LogP contribution < -0.4 is 9.88 Å². The van der Waals surface area contributed by atoms with Gasteiger partial charge in [0.1, 0.15) is 11.5 Å². The van der Waals surface area contributed by atoms with Gasteiger partial charge in [0.25, 0.3) is 0 Å². The molecule has 0 aliphatic rings. The zero-order valence-corrected chi connectivity index (χ0v) is 20.3. The number of aromatic nitrogens is 5. The molecular formula is C24H30FN6S+. The van der Waals surface area contributed by atoms with Gasteiger partial charge in [-0.05, 0) is 31.5 Å². The summed E-state index contributed by atoms with van der Waals surface area (Å²) in [5.41, 5.74) is 4.15. The van der Waals surface area contributed by atoms with Crippen molar-refractivity contribution in [3.05, 3.63) is 59.4 Å². The van der Waals surface area contributed by atoms with Gasteiger partial charge in [-0.2, -0.15) is 5.10 Å². The van der Waals surface area contributed by atoms with Crippen LogP contribution in [0.5, 0.6) is 0 Å². The highest BCUT2D eigenvalue weighted by Crippen LogP contribution is 2.29. The number of rotatable bonds is 6. The van der Waals surface area contributed by atoms with E-state index in [9.17, 15) is 4.39 Å². The van der Waals surface area contributed by atoms with E-state index in [1.807, 2.05) is 36.3 Å². The maximum atomic E-state index is 14.9. The number of imidazole rings is 1. The highest BCUT2D eigenvalue weighted by atomic mass is 32.1. The first-order valence-corrected chi connectivity index (χ1v) is 11.7. The molecule has 0 fully saturated rings. The van der Waals surface area contributed by atoms with Crippen molar-refractivity contribution < 1.29 is 8.96 Å². The normalized spacial score (nSPS) is 11.8. The minimum atomic E-state index is -0.281. The van der Waals surface area contributed by atoms with Crippen LogP contribution in [0.25, 0.3) is 16.9 Å². The van der Waals surface area contributed by atoms with E-state index < -0.39 is 0 Å². The third kappa shape index (κ3) is 4.32. The Balaban J connectivity index is 1.63. The molecular weight excluding hydrogens is 423 g/mol. The second-order valence-electron chi connectivity index (χ2n) is 9.09. The van der Waals surface area contributed by atoms with Crippen molar-refractivity contribution in [3.63, 3.8) is 0 Å². The molecule has 4 rings (SSSR count). The second kappa shape index (κ2) is 8.50. The Labute approximate surface area is 192 Å². The van der Waals surface area contributed by atoms with E-state index in [2.05, 4.69) is 48.6 Å². The van der Waals surface area contributed by atoms with Crippen molar-refractivity contribution >= 4 is 22.3 Å². The van der Waals surface area contributed by atoms with Crippen LogP contribution >= 0.6 is 11.3 Å². The van der Waals surface area contributed by atoms with Gasteiger partial charge in [-0.3, -0.25) is 0 Å². The van der Waals surface area contributed by atoms with E-state index >= 15 is 0 Å². The van der Waals surface area contributed by atoms with Crippen LogP contribution in [-0.2, 0) is 19.0 Å². The maximum absolute atomic E-state index is 14.9. The predicted molar refractivity (Wildman–Crippen MR) is 127 cm³/mol. The zero-order chi connectivity index (χ0) is 23.0. The third-order valence-corrected chi connectivity index (χ3v) is 6.34. The summed E-state index contributed by atoms with van der Waals surface area (Å²) in [5.74, 6) is 0.689. The molecule has 0 aliphatic heterocycles. The van der Waals surface area contributed by atoms with Crippen molar-refractivity contribution in [1.29, 1.82) is 0 Å². The summed E-state index contributed by atoms with van der Waals surface area (Å²) in [7, 11) is 1.99. The molecule has 32 heavy (non-hydrogen) atoms. The molecule has 1 N–H and O–H groups in total. The number of anilines is 2. The number of benzene rings is 1. The van der Waals surface area contributed by atoms with Gasteiger partial charge < -0.3 is 4.57 Å². The van der Waals surface area contributed by atoms with Crippen LogP contribution in [0.2, 0.25) is 0 Å². The van der Waals surface area contributed by atoms with Crippen LogP contribution in [0.15, 0.2) is 42.2 Å². The van der Waals surface area contributed by atoms with Crippen molar-refractivity contribution in [3.8, 4) is 16.9 Å². The van der Waals surface area contributed by atoms with Crippen LogP contribution in [0.1, 0.15) is 45.5 Å². The maximum Gasteiger partial charge on any atom is 0.340 e. The SMILES string of the molecule is CCCn1nc(C(C)(C)C)cc1Nc1scc(-c2ccc(-n3cnc(C)c3)c(F)c2)[n+]1C. The van der Waals surface area contributed by atoms with Crippen molar-refractivity contribution in [2.45, 2.75) is 53.0 Å². The summed E-state index contributed by atoms with van der Waals surface area (Å²) in [6.07, 6.45) is 4.45. The fraction of sp³-hybridized carbons (Fsp3) is 0.375. The average Bonchev–Trinajstić information content (AvgIpc) is 3.42. The Morgan fingerprint density at radius 1 is 1.22 bits per heavy atom. The number of hydrogen-bond donors (Lipinski definition) is 1. The Morgan fingerprint density at radius 3 is 2.62 bits per heavy atom. The lowest BCUT2D eigenvalue weighted by Gasteiger charge is -2.13. The van der Waals surface area contributed by atoms with Gasteiger partial charge in [-0.15, -0.1) is 0 Å². The quantitative estimate of drug-likeness (QED) is 0.391. The molecule has 1 aromatic carbocycles. The molecule has 0 unspecified atom stereocenters. The zero-order valence-electron chi connectivity index (χ0n) is 19.5. The molecule has 0 spiro atoms. The van der Waals surface area contributed by atoms with E-state index in [1.165, 1.54) is 0 Å². The molecule has 6 nitrogen and oxygen atoms in total. The second-order valence-corrected chi connectivity index (χ2v) is 9.94. The summed E-state index contributed by atoms with van der Waals surface area (Å²) in [6.45, 7) is 11.4. The van der Waals surface area contributed by atoms with Crippen LogP contribution in [0, 0.1) is 12.7 Å². The smallest absolute Gasteiger partial charge is 0.303 e. The van der Waals surface area contributed by atoms with E-state index in [-0.39, 0.29) is 11.2 Å². The number of halogens is 1. The Bertz CT molecular complexity index is 1240. The average molecular weight is 454 g/mol. The van der Waals surface area contributed by atoms with Crippen molar-refractivity contribution in [2.24, 2.45) is 7.05 Å². The first-order chi connectivity index (χ1) is 15.2. The van der Waals surface area contributed by atoms with E-state index in [1.54, 1.807) is 34.4 Å². The fourth-order valence-corrected chi connectivity index (χ4v) is 4.50. The highest BCUT2D eigenvalue weighted by Gasteiger charge is 2.24. The summed E-state index contributed by atoms with van der Waals surface area (Å²) in [6, 6.07) is 7.44. The molecule has 0 atom stereocenters. The number of hydrogen-bond acceptors (Lipinski definition) is 4. The molecule has 3 heterocycles. The number of aryl methyl sites for hydroxylation is 2. The lowest BCUT2D eigenvalue weighted by molar-refractivity contribution is -0.641. The monoisotopic (exact) mass is 453 g/mol. The van der Waals surface area contributed by atoms with E-state index in [0.29, 0.717) is 5.69 Å². The first kappa shape index (κ1) is 22.2. The predicted octanol–water partition coefficient (Wildman–Crippen LogP) is 5.52. The Hall–Kier alpha value is -3.00. The van der Waals surface area contributed by atoms with Gasteiger partial charge in [-0.1, -0.05) is 39.0 Å². The van der Waals surface area contributed by atoms with Crippen molar-refractivity contribution in [2.75, 3.05) is 5.32 Å². The third-order valence-electron chi connectivity index (χ3n) is 5.40. The molecule has 0 radical (unpaired) electrons. The fourth-order valence-electron chi connectivity index (χ4n) is 3.56. The van der Waals surface area contributed by atoms with E-state index in [0.717, 1.165) is 46.6 Å². The largest absolute Gasteiger partial charge is 0.340 e. The van der Waals surface area contributed by atoms with Gasteiger partial charge in [0, 0.05) is 35.2 Å². The standard InChI is InChI=1S/C24H29FN6S/c1-7-10-31-22(12-21(28-31)24(3,4)5)27-23-29(6)20(14-32-23)17-8-9-19(18(25)11-17)30-13-16(2)26-15-30/h8-9,11-15H,7,10H2,1-6H3/p+1. The summed E-state index contributed by atoms with van der Waals surface area (Å²) < 4.78 is 20.7. The Morgan fingerprint density at radius 2 is 2.00 bits per heavy atom. The minimum Gasteiger partial charge on any atom is -0.303 e. The number of thiazole rings is 1. The lowest BCUT2D eigenvalue weighted by Crippen LogP contribution is -2.31. The summed E-state index contributed by atoms with van der Waals surface area (Å²) in [5, 5.41) is 11.4. The van der Waals surface area contributed by atoms with Gasteiger partial charge in [0.05, 0.1) is 30.5 Å². The van der Waals surface area contributed by atoms with Crippen LogP contribution in [0.3, 0.4) is 0 Å². The molecule has 3 aromatic heterocycles. The van der Waals surface area contributed by atoms with Crippen LogP contribution in [-0.4, -0.2) is 19.3 Å². The molecule has 0 saturated carbocycles. The molecule has 4 aromatic rings. The van der Waals surface area contributed by atoms with Crippen LogP contribution in [0.4, 0.5) is 15.3 Å². The lowest BCUT2D eigenvalue weighted by atomic mass is 9.92. The number of nitrogens with zero attached hydrogens (tertiary/aromatic N) is 5. The number of nitrogens with one attached hydrogen (secondary N) is 1. The molecule has 0 amide bonds. The first-order valence-electron chi connectivity index (χ1n) is 10.8. The molecule has 168 valence electrons. The molecule has 0 bridgehead atoms. The van der Waals surface area contributed by atoms with Crippen molar-refractivity contribution in [1.82, 2.24) is 19.3 Å². The summed E-state index contributed by atoms with van der Waals surface area (Å²) >= 11 is 1.59. The molecule has 0 saturated heterocycles. The molecule has 8 heteroatoms. The molecule has 0 aliphatic carbocycles. The van der Waals surface area contributed by atoms with E-state index in [4.69, 9.17) is 5.10 Å². The highest BCUT2D eigenvalue weighted by molar-refractivity contribution is 7.13. The topological polar surface area (TPSA) is 51.6 Å². The van der Waals surface area contributed by atoms with Gasteiger partial charge in [-0.25, -0.2) is 23.9 Å². The van der Waals surface area contributed by atoms with Gasteiger partial charge in [0.15, 0.2) is 0 Å². The summed E-state index contributed by atoms with van der Waals surface area (Å²) in [4.78, 5) is 4.19. The van der Waals surface area contributed by atoms with Gasteiger partial charge >= 0.3 is 5.13 Å². The minimum absolute atomic E-state index is 0.0225. The van der Waals surface area contributed by atoms with Gasteiger partial charge in [0.2, 0.25) is 5.82 Å². The Kier molecular flexibility index (Phi) is 5.90.